The van der Waals surface area contributed by atoms with Gasteiger partial charge in [-0.15, -0.1) is 0 Å². The Labute approximate surface area is 120 Å². The Morgan fingerprint density at radius 2 is 2.35 bits per heavy atom. The van der Waals surface area contributed by atoms with Crippen molar-refractivity contribution in [2.45, 2.75) is 51.7 Å². The highest BCUT2D eigenvalue weighted by Crippen LogP contribution is 2.20. The van der Waals surface area contributed by atoms with Crippen molar-refractivity contribution >= 4 is 11.6 Å². The summed E-state index contributed by atoms with van der Waals surface area (Å²) in [6.07, 6.45) is 4.32. The summed E-state index contributed by atoms with van der Waals surface area (Å²) in [6.45, 7) is 5.05. The summed E-state index contributed by atoms with van der Waals surface area (Å²) < 4.78 is 5.76. The zero-order valence-corrected chi connectivity index (χ0v) is 12.3. The maximum Gasteiger partial charge on any atom is 0.241 e. The Bertz CT molecular complexity index is 442. The number of carbonyl (C=O) groups excluding carboxylic acids is 1. The van der Waals surface area contributed by atoms with Gasteiger partial charge >= 0.3 is 0 Å². The summed E-state index contributed by atoms with van der Waals surface area (Å²) in [5.74, 6) is 0.846. The largest absolute Gasteiger partial charge is 0.491 e. The van der Waals surface area contributed by atoms with Gasteiger partial charge in [0.1, 0.15) is 5.75 Å². The van der Waals surface area contributed by atoms with Crippen LogP contribution in [0.4, 0.5) is 5.69 Å². The van der Waals surface area contributed by atoms with Crippen LogP contribution in [-0.4, -0.2) is 24.6 Å². The molecule has 4 nitrogen and oxygen atoms in total. The van der Waals surface area contributed by atoms with Crippen LogP contribution >= 0.6 is 0 Å². The molecule has 0 aliphatic carbocycles. The Morgan fingerprint density at radius 3 is 3.05 bits per heavy atom. The number of nitrogens with one attached hydrogen (secondary N) is 2. The minimum absolute atomic E-state index is 0.0467. The van der Waals surface area contributed by atoms with Crippen molar-refractivity contribution in [3.8, 4) is 5.75 Å². The lowest BCUT2D eigenvalue weighted by Gasteiger charge is -2.22. The van der Waals surface area contributed by atoms with E-state index in [0.717, 1.165) is 43.7 Å². The van der Waals surface area contributed by atoms with Crippen molar-refractivity contribution < 1.29 is 9.53 Å². The first-order valence-corrected chi connectivity index (χ1v) is 7.50. The number of piperidine rings is 1. The monoisotopic (exact) mass is 276 g/mol. The first kappa shape index (κ1) is 14.9. The Balaban J connectivity index is 1.94. The molecule has 110 valence electrons. The molecular weight excluding hydrogens is 252 g/mol. The molecule has 1 unspecified atom stereocenters. The molecule has 1 amide bonds. The van der Waals surface area contributed by atoms with Crippen molar-refractivity contribution in [1.82, 2.24) is 5.32 Å². The van der Waals surface area contributed by atoms with Gasteiger partial charge < -0.3 is 15.4 Å². The molecule has 0 aromatic heterocycles. The van der Waals surface area contributed by atoms with E-state index in [1.54, 1.807) is 0 Å². The number of hydrogen-bond acceptors (Lipinski definition) is 3. The van der Waals surface area contributed by atoms with E-state index in [1.165, 1.54) is 0 Å². The second-order valence-corrected chi connectivity index (χ2v) is 5.36. The third-order valence-electron chi connectivity index (χ3n) is 3.64. The quantitative estimate of drug-likeness (QED) is 0.869. The summed E-state index contributed by atoms with van der Waals surface area (Å²) in [5, 5.41) is 6.21. The predicted octanol–water partition coefficient (Wildman–Crippen LogP) is 2.94. The van der Waals surface area contributed by atoms with Crippen LogP contribution in [0, 0.1) is 0 Å². The molecule has 2 atom stereocenters. The van der Waals surface area contributed by atoms with E-state index < -0.39 is 0 Å². The number of carbonyl (C=O) groups is 1. The average molecular weight is 276 g/mol. The topological polar surface area (TPSA) is 50.4 Å². The van der Waals surface area contributed by atoms with Crippen molar-refractivity contribution in [3.63, 3.8) is 0 Å². The van der Waals surface area contributed by atoms with Gasteiger partial charge in [-0.2, -0.15) is 0 Å². The second-order valence-electron chi connectivity index (χ2n) is 5.36. The molecule has 1 aromatic rings. The molecule has 1 saturated heterocycles. The molecule has 0 spiro atoms. The van der Waals surface area contributed by atoms with Crippen LogP contribution in [0.2, 0.25) is 0 Å². The zero-order chi connectivity index (χ0) is 14.4. The van der Waals surface area contributed by atoms with Crippen LogP contribution in [0.1, 0.15) is 39.5 Å². The molecule has 1 heterocycles. The summed E-state index contributed by atoms with van der Waals surface area (Å²) in [5.41, 5.74) is 0.795. The number of anilines is 1. The lowest BCUT2D eigenvalue weighted by Crippen LogP contribution is -2.43. The van der Waals surface area contributed by atoms with Crippen LogP contribution < -0.4 is 15.4 Å². The molecule has 0 saturated carbocycles. The van der Waals surface area contributed by atoms with Crippen LogP contribution in [0.3, 0.4) is 0 Å². The van der Waals surface area contributed by atoms with Gasteiger partial charge in [-0.1, -0.05) is 19.4 Å². The molecule has 0 bridgehead atoms. The summed E-state index contributed by atoms with van der Waals surface area (Å²) in [4.78, 5) is 12.1. The molecule has 20 heavy (non-hydrogen) atoms. The fourth-order valence-corrected chi connectivity index (χ4v) is 2.27. The normalized spacial score (nSPS) is 20.2. The molecule has 1 aromatic carbocycles. The summed E-state index contributed by atoms with van der Waals surface area (Å²) in [6, 6.07) is 7.53. The van der Waals surface area contributed by atoms with Gasteiger partial charge in [0.25, 0.3) is 0 Å². The molecule has 2 rings (SSSR count). The van der Waals surface area contributed by atoms with Gasteiger partial charge in [0.15, 0.2) is 0 Å². The van der Waals surface area contributed by atoms with Gasteiger partial charge in [0.05, 0.1) is 12.1 Å². The van der Waals surface area contributed by atoms with Gasteiger partial charge in [-0.05, 0) is 44.9 Å². The van der Waals surface area contributed by atoms with Crippen LogP contribution in [0.15, 0.2) is 24.3 Å². The molecule has 0 radical (unpaired) electrons. The number of benzene rings is 1. The molecular formula is C16H24N2O2. The number of ether oxygens (including phenoxy) is 1. The minimum atomic E-state index is -0.0668. The van der Waals surface area contributed by atoms with E-state index in [9.17, 15) is 4.79 Å². The number of amides is 1. The summed E-state index contributed by atoms with van der Waals surface area (Å²) in [7, 11) is 0. The van der Waals surface area contributed by atoms with Gasteiger partial charge in [-0.25, -0.2) is 0 Å². The smallest absolute Gasteiger partial charge is 0.241 e. The molecule has 1 fully saturated rings. The molecule has 1 aliphatic heterocycles. The highest BCUT2D eigenvalue weighted by molar-refractivity contribution is 5.95. The minimum Gasteiger partial charge on any atom is -0.491 e. The molecule has 2 N–H and O–H groups in total. The molecule has 4 heteroatoms. The predicted molar refractivity (Wildman–Crippen MR) is 81.1 cm³/mol. The SMILES string of the molecule is CCC(C)Oc1cccc(NC(=O)[C@@H]2CCCCN2)c1. The Morgan fingerprint density at radius 1 is 1.50 bits per heavy atom. The van der Waals surface area contributed by atoms with Crippen molar-refractivity contribution in [1.29, 1.82) is 0 Å². The average Bonchev–Trinajstić information content (AvgIpc) is 2.48. The maximum atomic E-state index is 12.1. The van der Waals surface area contributed by atoms with Crippen LogP contribution in [-0.2, 0) is 4.79 Å². The summed E-state index contributed by atoms with van der Waals surface area (Å²) >= 11 is 0. The fourth-order valence-electron chi connectivity index (χ4n) is 2.27. The van der Waals surface area contributed by atoms with Crippen molar-refractivity contribution in [2.24, 2.45) is 0 Å². The number of rotatable bonds is 5. The van der Waals surface area contributed by atoms with E-state index in [1.807, 2.05) is 31.2 Å². The highest BCUT2D eigenvalue weighted by atomic mass is 16.5. The second kappa shape index (κ2) is 7.29. The van der Waals surface area contributed by atoms with Crippen molar-refractivity contribution in [3.05, 3.63) is 24.3 Å². The highest BCUT2D eigenvalue weighted by Gasteiger charge is 2.20. The first-order valence-electron chi connectivity index (χ1n) is 7.50. The van der Waals surface area contributed by atoms with Gasteiger partial charge in [0.2, 0.25) is 5.91 Å². The third kappa shape index (κ3) is 4.23. The number of hydrogen-bond donors (Lipinski definition) is 2. The van der Waals surface area contributed by atoms with Crippen LogP contribution in [0.25, 0.3) is 0 Å². The Hall–Kier alpha value is -1.55. The van der Waals surface area contributed by atoms with Gasteiger partial charge in [-0.3, -0.25) is 4.79 Å². The van der Waals surface area contributed by atoms with E-state index in [4.69, 9.17) is 4.74 Å². The maximum absolute atomic E-state index is 12.1. The molecule has 1 aliphatic rings. The first-order chi connectivity index (χ1) is 9.69. The van der Waals surface area contributed by atoms with Gasteiger partial charge in [0, 0.05) is 11.8 Å². The fraction of sp³-hybridized carbons (Fsp3) is 0.562. The standard InChI is InChI=1S/C16H24N2O2/c1-3-12(2)20-14-8-6-7-13(11-14)18-16(19)15-9-4-5-10-17-15/h6-8,11-12,15,17H,3-5,9-10H2,1-2H3,(H,18,19)/t12?,15-/m0/s1. The van der Waals surface area contributed by atoms with E-state index in [0.29, 0.717) is 0 Å². The van der Waals surface area contributed by atoms with Crippen LogP contribution in [0.5, 0.6) is 5.75 Å². The lowest BCUT2D eigenvalue weighted by molar-refractivity contribution is -0.118. The third-order valence-corrected chi connectivity index (χ3v) is 3.64. The van der Waals surface area contributed by atoms with Crippen molar-refractivity contribution in [2.75, 3.05) is 11.9 Å². The lowest BCUT2D eigenvalue weighted by atomic mass is 10.0. The van der Waals surface area contributed by atoms with E-state index >= 15 is 0 Å². The van der Waals surface area contributed by atoms with E-state index in [2.05, 4.69) is 17.6 Å². The zero-order valence-electron chi connectivity index (χ0n) is 12.3. The Kier molecular flexibility index (Phi) is 5.41. The van der Waals surface area contributed by atoms with E-state index in [-0.39, 0.29) is 18.1 Å².